The molecule has 0 aliphatic carbocycles. The molecule has 1 heterocycles. The number of carbonyl (C=O) groups excluding carboxylic acids is 1. The summed E-state index contributed by atoms with van der Waals surface area (Å²) >= 11 is 0. The lowest BCUT2D eigenvalue weighted by molar-refractivity contribution is -0.116. The molecule has 0 aromatic heterocycles. The van der Waals surface area contributed by atoms with E-state index in [0.717, 1.165) is 49.5 Å². The first-order valence-electron chi connectivity index (χ1n) is 10.7. The van der Waals surface area contributed by atoms with Gasteiger partial charge < -0.3 is 15.1 Å². The largest absolute Gasteiger partial charge is 0.369 e. The summed E-state index contributed by atoms with van der Waals surface area (Å²) in [5.41, 5.74) is 3.80. The molecule has 0 atom stereocenters. The lowest BCUT2D eigenvalue weighted by atomic mass is 10.1. The Labute approximate surface area is 185 Å². The van der Waals surface area contributed by atoms with Gasteiger partial charge in [0.2, 0.25) is 15.9 Å². The number of carbonyl (C=O) groups is 1. The number of hydrogen-bond donors (Lipinski definition) is 2. The lowest BCUT2D eigenvalue weighted by Crippen LogP contribution is -2.46. The first-order chi connectivity index (χ1) is 14.8. The van der Waals surface area contributed by atoms with E-state index in [1.165, 1.54) is 0 Å². The fraction of sp³-hybridized carbons (Fsp3) is 0.435. The minimum absolute atomic E-state index is 0.0425. The molecule has 2 aromatic rings. The second kappa shape index (κ2) is 10.3. The molecule has 1 fully saturated rings. The first kappa shape index (κ1) is 23.2. The van der Waals surface area contributed by atoms with Crippen LogP contribution in [0.1, 0.15) is 24.5 Å². The van der Waals surface area contributed by atoms with E-state index >= 15 is 0 Å². The Balaban J connectivity index is 1.47. The normalized spacial score (nSPS) is 15.1. The van der Waals surface area contributed by atoms with Gasteiger partial charge in [-0.15, -0.1) is 0 Å². The molecular formula is C23H32N4O3S. The van der Waals surface area contributed by atoms with Crippen molar-refractivity contribution in [2.45, 2.75) is 32.1 Å². The molecule has 0 spiro atoms. The number of sulfonamides is 1. The van der Waals surface area contributed by atoms with Crippen molar-refractivity contribution < 1.29 is 13.2 Å². The van der Waals surface area contributed by atoms with Crippen LogP contribution in [-0.2, 0) is 14.8 Å². The van der Waals surface area contributed by atoms with Gasteiger partial charge in [-0.3, -0.25) is 4.79 Å². The number of benzene rings is 2. The molecule has 168 valence electrons. The van der Waals surface area contributed by atoms with Gasteiger partial charge >= 0.3 is 0 Å². The lowest BCUT2D eigenvalue weighted by Gasteiger charge is -2.35. The third kappa shape index (κ3) is 6.29. The van der Waals surface area contributed by atoms with Crippen LogP contribution in [0.5, 0.6) is 0 Å². The van der Waals surface area contributed by atoms with Gasteiger partial charge in [-0.1, -0.05) is 13.0 Å². The zero-order chi connectivity index (χ0) is 22.4. The maximum atomic E-state index is 12.4. The van der Waals surface area contributed by atoms with E-state index in [1.807, 2.05) is 38.1 Å². The monoisotopic (exact) mass is 444 g/mol. The molecule has 1 aliphatic rings. The van der Waals surface area contributed by atoms with Crippen LogP contribution in [0, 0.1) is 13.8 Å². The van der Waals surface area contributed by atoms with Gasteiger partial charge in [0.25, 0.3) is 0 Å². The van der Waals surface area contributed by atoms with Crippen molar-refractivity contribution in [3.8, 4) is 0 Å². The van der Waals surface area contributed by atoms with Gasteiger partial charge in [0, 0.05) is 50.5 Å². The highest BCUT2D eigenvalue weighted by Crippen LogP contribution is 2.20. The first-order valence-corrected chi connectivity index (χ1v) is 12.2. The van der Waals surface area contributed by atoms with E-state index in [0.29, 0.717) is 5.69 Å². The molecule has 7 nitrogen and oxygen atoms in total. The predicted octanol–water partition coefficient (Wildman–Crippen LogP) is 2.75. The number of anilines is 2. The Kier molecular flexibility index (Phi) is 7.69. The quantitative estimate of drug-likeness (QED) is 0.654. The zero-order valence-electron chi connectivity index (χ0n) is 18.5. The van der Waals surface area contributed by atoms with Gasteiger partial charge in [-0.05, 0) is 67.9 Å². The maximum Gasteiger partial charge on any atom is 0.240 e. The molecule has 0 radical (unpaired) electrons. The Morgan fingerprint density at radius 2 is 1.65 bits per heavy atom. The van der Waals surface area contributed by atoms with Crippen LogP contribution in [0.3, 0.4) is 0 Å². The number of nitrogens with zero attached hydrogens (tertiary/aromatic N) is 2. The second-order valence-corrected chi connectivity index (χ2v) is 9.68. The van der Waals surface area contributed by atoms with E-state index in [4.69, 9.17) is 0 Å². The molecule has 1 amide bonds. The molecule has 3 rings (SSSR count). The Bertz CT molecular complexity index is 998. The van der Waals surface area contributed by atoms with E-state index in [1.54, 1.807) is 18.2 Å². The van der Waals surface area contributed by atoms with Crippen molar-refractivity contribution >= 4 is 27.3 Å². The van der Waals surface area contributed by atoms with E-state index in [2.05, 4.69) is 26.8 Å². The molecule has 2 N–H and O–H groups in total. The van der Waals surface area contributed by atoms with Crippen molar-refractivity contribution in [2.24, 2.45) is 0 Å². The number of nitrogens with one attached hydrogen (secondary N) is 2. The molecule has 1 aliphatic heterocycles. The molecule has 31 heavy (non-hydrogen) atoms. The van der Waals surface area contributed by atoms with E-state index < -0.39 is 10.0 Å². The molecular weight excluding hydrogens is 412 g/mol. The third-order valence-electron chi connectivity index (χ3n) is 5.77. The van der Waals surface area contributed by atoms with Crippen LogP contribution in [-0.4, -0.2) is 58.5 Å². The maximum absolute atomic E-state index is 12.4. The van der Waals surface area contributed by atoms with Gasteiger partial charge in [0.05, 0.1) is 4.90 Å². The minimum atomic E-state index is -3.63. The SMILES string of the molecule is CCN1CCN(c2ccc(NC(=O)CCNS(=O)(=O)c3ccc(C)c(C)c3)cc2)CC1. The van der Waals surface area contributed by atoms with Crippen molar-refractivity contribution in [3.05, 3.63) is 53.6 Å². The highest BCUT2D eigenvalue weighted by atomic mass is 32.2. The summed E-state index contributed by atoms with van der Waals surface area (Å²) < 4.78 is 27.3. The van der Waals surface area contributed by atoms with E-state index in [9.17, 15) is 13.2 Å². The summed E-state index contributed by atoms with van der Waals surface area (Å²) in [6, 6.07) is 12.8. The topological polar surface area (TPSA) is 81.8 Å². The van der Waals surface area contributed by atoms with Crippen LogP contribution in [0.25, 0.3) is 0 Å². The average Bonchev–Trinajstić information content (AvgIpc) is 2.76. The van der Waals surface area contributed by atoms with Gasteiger partial charge in [-0.2, -0.15) is 0 Å². The predicted molar refractivity (Wildman–Crippen MR) is 125 cm³/mol. The van der Waals surface area contributed by atoms with Crippen LogP contribution in [0.2, 0.25) is 0 Å². The van der Waals surface area contributed by atoms with Crippen molar-refractivity contribution in [1.29, 1.82) is 0 Å². The fourth-order valence-corrected chi connectivity index (χ4v) is 4.68. The number of rotatable bonds is 8. The summed E-state index contributed by atoms with van der Waals surface area (Å²) in [5.74, 6) is -0.230. The zero-order valence-corrected chi connectivity index (χ0v) is 19.3. The van der Waals surface area contributed by atoms with Gasteiger partial charge in [0.1, 0.15) is 0 Å². The molecule has 8 heteroatoms. The average molecular weight is 445 g/mol. The second-order valence-electron chi connectivity index (χ2n) is 7.91. The summed E-state index contributed by atoms with van der Waals surface area (Å²) in [6.07, 6.45) is 0.0603. The highest BCUT2D eigenvalue weighted by Gasteiger charge is 2.17. The van der Waals surface area contributed by atoms with E-state index in [-0.39, 0.29) is 23.8 Å². The van der Waals surface area contributed by atoms with Gasteiger partial charge in [0.15, 0.2) is 0 Å². The number of piperazine rings is 1. The molecule has 0 saturated carbocycles. The van der Waals surface area contributed by atoms with Crippen LogP contribution < -0.4 is 14.9 Å². The van der Waals surface area contributed by atoms with Crippen LogP contribution in [0.4, 0.5) is 11.4 Å². The summed E-state index contributed by atoms with van der Waals surface area (Å²) in [5, 5.41) is 2.83. The van der Waals surface area contributed by atoms with Crippen molar-refractivity contribution in [2.75, 3.05) is 49.5 Å². The standard InChI is InChI=1S/C23H32N4O3S/c1-4-26-13-15-27(16-14-26)21-8-6-20(7-9-21)25-23(28)11-12-24-31(29,30)22-10-5-18(2)19(3)17-22/h5-10,17,24H,4,11-16H2,1-3H3,(H,25,28). The minimum Gasteiger partial charge on any atom is -0.369 e. The van der Waals surface area contributed by atoms with Crippen LogP contribution >= 0.6 is 0 Å². The molecule has 2 aromatic carbocycles. The Hall–Kier alpha value is -2.42. The third-order valence-corrected chi connectivity index (χ3v) is 7.23. The summed E-state index contributed by atoms with van der Waals surface area (Å²) in [4.78, 5) is 17.2. The smallest absolute Gasteiger partial charge is 0.240 e. The van der Waals surface area contributed by atoms with Crippen molar-refractivity contribution in [1.82, 2.24) is 9.62 Å². The Morgan fingerprint density at radius 3 is 2.26 bits per heavy atom. The fourth-order valence-electron chi connectivity index (χ4n) is 3.56. The van der Waals surface area contributed by atoms with Crippen LogP contribution in [0.15, 0.2) is 47.4 Å². The van der Waals surface area contributed by atoms with Gasteiger partial charge in [-0.25, -0.2) is 13.1 Å². The highest BCUT2D eigenvalue weighted by molar-refractivity contribution is 7.89. The number of hydrogen-bond acceptors (Lipinski definition) is 5. The Morgan fingerprint density at radius 1 is 0.968 bits per heavy atom. The number of amides is 1. The molecule has 1 saturated heterocycles. The number of aryl methyl sites for hydroxylation is 2. The summed E-state index contributed by atoms with van der Waals surface area (Å²) in [6.45, 7) is 11.2. The molecule has 0 unspecified atom stereocenters. The van der Waals surface area contributed by atoms with Crippen molar-refractivity contribution in [3.63, 3.8) is 0 Å². The summed E-state index contributed by atoms with van der Waals surface area (Å²) in [7, 11) is -3.63. The molecule has 0 bridgehead atoms. The number of likely N-dealkylation sites (N-methyl/N-ethyl adjacent to an activating group) is 1.